The third-order valence-corrected chi connectivity index (χ3v) is 5.94. The van der Waals surface area contributed by atoms with Crippen LogP contribution in [-0.4, -0.2) is 79.9 Å². The molecule has 2 amide bonds. The average molecular weight is 367 g/mol. The molecule has 2 saturated heterocycles. The van der Waals surface area contributed by atoms with Crippen molar-refractivity contribution >= 4 is 41.3 Å². The largest absolute Gasteiger partial charge is 0.477 e. The molecule has 0 radical (unpaired) electrons. The summed E-state index contributed by atoms with van der Waals surface area (Å²) >= 11 is 3.38. The second-order valence-electron chi connectivity index (χ2n) is 5.47. The maximum absolute atomic E-state index is 12.7. The second-order valence-corrected chi connectivity index (χ2v) is 7.69. The molecule has 2 fully saturated rings. The number of amides is 2. The Hall–Kier alpha value is -1.74. The predicted molar refractivity (Wildman–Crippen MR) is 92.4 cm³/mol. The summed E-state index contributed by atoms with van der Waals surface area (Å²) in [6.45, 7) is 1.45. The molecule has 3 rings (SSSR count). The van der Waals surface area contributed by atoms with Crippen molar-refractivity contribution in [3.05, 3.63) is 29.6 Å². The number of aromatic nitrogens is 1. The lowest BCUT2D eigenvalue weighted by molar-refractivity contribution is -0.134. The van der Waals surface area contributed by atoms with Crippen LogP contribution in [0, 0.1) is 0 Å². The van der Waals surface area contributed by atoms with Crippen LogP contribution in [0.3, 0.4) is 0 Å². The highest BCUT2D eigenvalue weighted by Gasteiger charge is 2.37. The van der Waals surface area contributed by atoms with E-state index in [2.05, 4.69) is 4.98 Å². The van der Waals surface area contributed by atoms with Gasteiger partial charge in [-0.1, -0.05) is 0 Å². The van der Waals surface area contributed by atoms with E-state index in [0.717, 1.165) is 24.6 Å². The number of carboxylic acid groups (broad SMARTS) is 1. The van der Waals surface area contributed by atoms with Crippen LogP contribution in [0.15, 0.2) is 18.3 Å². The number of carbonyl (C=O) groups excluding carboxylic acids is 2. The maximum Gasteiger partial charge on any atom is 0.354 e. The summed E-state index contributed by atoms with van der Waals surface area (Å²) in [6.07, 6.45) is 1.26. The molecule has 0 aliphatic carbocycles. The topological polar surface area (TPSA) is 90.8 Å². The highest BCUT2D eigenvalue weighted by atomic mass is 32.2. The number of hydrogen-bond donors (Lipinski definition) is 1. The van der Waals surface area contributed by atoms with Gasteiger partial charge in [0.25, 0.3) is 5.91 Å². The summed E-state index contributed by atoms with van der Waals surface area (Å²) in [6, 6.07) is 2.29. The first-order valence-electron chi connectivity index (χ1n) is 7.52. The fourth-order valence-electron chi connectivity index (χ4n) is 2.65. The summed E-state index contributed by atoms with van der Waals surface area (Å²) in [5.41, 5.74) is 0.190. The summed E-state index contributed by atoms with van der Waals surface area (Å²) in [5.74, 6) is 1.49. The van der Waals surface area contributed by atoms with Crippen LogP contribution < -0.4 is 0 Å². The SMILES string of the molecule is O=C(O)c1ccc(C(=O)N2CSCC2C(=O)N2CCSCC2)cn1. The Morgan fingerprint density at radius 2 is 1.92 bits per heavy atom. The Kier molecular flexibility index (Phi) is 5.30. The third-order valence-electron chi connectivity index (χ3n) is 3.98. The Morgan fingerprint density at radius 3 is 2.54 bits per heavy atom. The van der Waals surface area contributed by atoms with Crippen LogP contribution in [0.25, 0.3) is 0 Å². The van der Waals surface area contributed by atoms with Crippen molar-refractivity contribution in [3.8, 4) is 0 Å². The van der Waals surface area contributed by atoms with E-state index >= 15 is 0 Å². The molecule has 2 aliphatic rings. The first-order chi connectivity index (χ1) is 11.6. The predicted octanol–water partition coefficient (Wildman–Crippen LogP) is 0.870. The van der Waals surface area contributed by atoms with Crippen LogP contribution in [0.2, 0.25) is 0 Å². The van der Waals surface area contributed by atoms with Crippen molar-refractivity contribution < 1.29 is 19.5 Å². The number of nitrogens with zero attached hydrogens (tertiary/aromatic N) is 3. The summed E-state index contributed by atoms with van der Waals surface area (Å²) in [7, 11) is 0. The van der Waals surface area contributed by atoms with Crippen molar-refractivity contribution in [2.24, 2.45) is 0 Å². The first-order valence-corrected chi connectivity index (χ1v) is 9.83. The minimum Gasteiger partial charge on any atom is -0.477 e. The van der Waals surface area contributed by atoms with E-state index in [1.807, 2.05) is 16.7 Å². The van der Waals surface area contributed by atoms with Gasteiger partial charge in [-0.05, 0) is 12.1 Å². The van der Waals surface area contributed by atoms with E-state index in [4.69, 9.17) is 5.11 Å². The zero-order chi connectivity index (χ0) is 17.1. The minimum atomic E-state index is -1.14. The third kappa shape index (κ3) is 3.51. The summed E-state index contributed by atoms with van der Waals surface area (Å²) < 4.78 is 0. The molecule has 0 spiro atoms. The van der Waals surface area contributed by atoms with Gasteiger partial charge in [-0.25, -0.2) is 9.78 Å². The van der Waals surface area contributed by atoms with Gasteiger partial charge in [-0.2, -0.15) is 11.8 Å². The zero-order valence-electron chi connectivity index (χ0n) is 12.9. The Labute approximate surface area is 147 Å². The van der Waals surface area contributed by atoms with E-state index in [0.29, 0.717) is 17.2 Å². The van der Waals surface area contributed by atoms with Crippen molar-refractivity contribution in [1.82, 2.24) is 14.8 Å². The number of carbonyl (C=O) groups is 3. The normalized spacial score (nSPS) is 20.9. The highest BCUT2D eigenvalue weighted by molar-refractivity contribution is 7.99. The molecule has 128 valence electrons. The number of hydrogen-bond acceptors (Lipinski definition) is 6. The minimum absolute atomic E-state index is 0.00349. The van der Waals surface area contributed by atoms with E-state index in [-0.39, 0.29) is 17.5 Å². The van der Waals surface area contributed by atoms with Gasteiger partial charge in [0.15, 0.2) is 0 Å². The van der Waals surface area contributed by atoms with Crippen LogP contribution >= 0.6 is 23.5 Å². The number of carboxylic acids is 1. The van der Waals surface area contributed by atoms with Gasteiger partial charge < -0.3 is 14.9 Å². The van der Waals surface area contributed by atoms with Crippen LogP contribution in [0.1, 0.15) is 20.8 Å². The fourth-order valence-corrected chi connectivity index (χ4v) is 4.70. The standard InChI is InChI=1S/C15H17N3O4S2/c19-13(10-1-2-11(15(21)22)16-7-10)18-9-24-8-12(18)14(20)17-3-5-23-6-4-17/h1-2,7,12H,3-6,8-9H2,(H,21,22). The van der Waals surface area contributed by atoms with E-state index < -0.39 is 12.0 Å². The number of thioether (sulfide) groups is 2. The molecule has 1 N–H and O–H groups in total. The van der Waals surface area contributed by atoms with E-state index in [1.54, 1.807) is 16.7 Å². The molecule has 1 aromatic heterocycles. The highest BCUT2D eigenvalue weighted by Crippen LogP contribution is 2.25. The monoisotopic (exact) mass is 367 g/mol. The molecule has 2 aliphatic heterocycles. The van der Waals surface area contributed by atoms with Crippen LogP contribution in [0.5, 0.6) is 0 Å². The Morgan fingerprint density at radius 1 is 1.17 bits per heavy atom. The number of aromatic carboxylic acids is 1. The molecule has 1 aromatic rings. The molecule has 0 bridgehead atoms. The van der Waals surface area contributed by atoms with Gasteiger partial charge >= 0.3 is 5.97 Å². The molecule has 24 heavy (non-hydrogen) atoms. The molecule has 1 atom stereocenters. The van der Waals surface area contributed by atoms with Crippen molar-refractivity contribution in [2.45, 2.75) is 6.04 Å². The van der Waals surface area contributed by atoms with E-state index in [9.17, 15) is 14.4 Å². The van der Waals surface area contributed by atoms with Crippen molar-refractivity contribution in [3.63, 3.8) is 0 Å². The summed E-state index contributed by atoms with van der Waals surface area (Å²) in [4.78, 5) is 43.4. The van der Waals surface area contributed by atoms with Gasteiger partial charge in [-0.15, -0.1) is 11.8 Å². The van der Waals surface area contributed by atoms with Gasteiger partial charge in [0, 0.05) is 36.5 Å². The zero-order valence-corrected chi connectivity index (χ0v) is 14.5. The lowest BCUT2D eigenvalue weighted by atomic mass is 10.2. The molecular weight excluding hydrogens is 350 g/mol. The summed E-state index contributed by atoms with van der Waals surface area (Å²) in [5, 5.41) is 8.87. The molecule has 0 saturated carbocycles. The number of rotatable bonds is 3. The quantitative estimate of drug-likeness (QED) is 0.848. The molecule has 1 unspecified atom stereocenters. The van der Waals surface area contributed by atoms with Gasteiger partial charge in [0.1, 0.15) is 11.7 Å². The van der Waals surface area contributed by atoms with Crippen LogP contribution in [0.4, 0.5) is 0 Å². The Bertz CT molecular complexity index is 647. The molecule has 7 nitrogen and oxygen atoms in total. The van der Waals surface area contributed by atoms with Gasteiger partial charge in [-0.3, -0.25) is 9.59 Å². The van der Waals surface area contributed by atoms with Gasteiger partial charge in [0.2, 0.25) is 5.91 Å². The molecule has 9 heteroatoms. The smallest absolute Gasteiger partial charge is 0.354 e. The molecular formula is C15H17N3O4S2. The van der Waals surface area contributed by atoms with E-state index in [1.165, 1.54) is 18.3 Å². The average Bonchev–Trinajstić information content (AvgIpc) is 3.11. The second kappa shape index (κ2) is 7.43. The van der Waals surface area contributed by atoms with Crippen molar-refractivity contribution in [1.29, 1.82) is 0 Å². The lowest BCUT2D eigenvalue weighted by Gasteiger charge is -2.32. The first kappa shape index (κ1) is 17.1. The Balaban J connectivity index is 1.73. The number of pyridine rings is 1. The molecule has 0 aromatic carbocycles. The lowest BCUT2D eigenvalue weighted by Crippen LogP contribution is -2.51. The molecule has 3 heterocycles. The fraction of sp³-hybridized carbons (Fsp3) is 0.467. The van der Waals surface area contributed by atoms with Gasteiger partial charge in [0.05, 0.1) is 11.4 Å². The van der Waals surface area contributed by atoms with Crippen LogP contribution in [-0.2, 0) is 4.79 Å². The maximum atomic E-state index is 12.7. The van der Waals surface area contributed by atoms with Crippen molar-refractivity contribution in [2.75, 3.05) is 36.2 Å².